The molecule has 0 aliphatic rings. The van der Waals surface area contributed by atoms with E-state index < -0.39 is 11.5 Å². The first-order valence-corrected chi connectivity index (χ1v) is 8.62. The predicted octanol–water partition coefficient (Wildman–Crippen LogP) is 3.63. The van der Waals surface area contributed by atoms with Crippen LogP contribution in [-0.2, 0) is 0 Å². The van der Waals surface area contributed by atoms with Crippen LogP contribution in [0.5, 0.6) is 0 Å². The summed E-state index contributed by atoms with van der Waals surface area (Å²) in [5, 5.41) is 14.2. The van der Waals surface area contributed by atoms with Crippen molar-refractivity contribution in [3.8, 4) is 9.88 Å². The Morgan fingerprint density at radius 1 is 1.12 bits per heavy atom. The number of hydrogen-bond acceptors (Lipinski definition) is 7. The van der Waals surface area contributed by atoms with E-state index in [-0.39, 0.29) is 5.56 Å². The normalized spacial score (nSPS) is 10.8. The maximum atomic E-state index is 12.3. The molecular weight excluding hydrogens is 346 g/mol. The van der Waals surface area contributed by atoms with Gasteiger partial charge in [-0.2, -0.15) is 0 Å². The average molecular weight is 355 g/mol. The molecule has 0 aliphatic heterocycles. The third-order valence-corrected chi connectivity index (χ3v) is 5.14. The summed E-state index contributed by atoms with van der Waals surface area (Å²) < 4.78 is 5.17. The average Bonchev–Trinajstić information content (AvgIpc) is 3.25. The van der Waals surface area contributed by atoms with Crippen molar-refractivity contribution in [2.45, 2.75) is 0 Å². The molecule has 4 aromatic rings. The largest absolute Gasteiger partial charge is 0.422 e. The van der Waals surface area contributed by atoms with E-state index in [4.69, 9.17) is 4.42 Å². The number of para-hydroxylation sites is 1. The molecule has 0 saturated heterocycles. The highest BCUT2D eigenvalue weighted by Gasteiger charge is 2.16. The first-order valence-electron chi connectivity index (χ1n) is 6.92. The summed E-state index contributed by atoms with van der Waals surface area (Å²) in [6, 6.07) is 12.4. The lowest BCUT2D eigenvalue weighted by Crippen LogP contribution is -2.20. The zero-order chi connectivity index (χ0) is 16.5. The fraction of sp³-hybridized carbons (Fsp3) is 0. The van der Waals surface area contributed by atoms with Gasteiger partial charge in [-0.15, -0.1) is 21.5 Å². The van der Waals surface area contributed by atoms with Gasteiger partial charge in [-0.3, -0.25) is 10.1 Å². The van der Waals surface area contributed by atoms with Crippen LogP contribution in [0.1, 0.15) is 10.4 Å². The number of aromatic nitrogens is 2. The van der Waals surface area contributed by atoms with Crippen LogP contribution in [-0.4, -0.2) is 16.1 Å². The first kappa shape index (κ1) is 14.7. The Labute approximate surface area is 143 Å². The highest BCUT2D eigenvalue weighted by molar-refractivity contribution is 7.23. The molecule has 0 fully saturated rings. The molecule has 24 heavy (non-hydrogen) atoms. The molecule has 0 atom stereocenters. The predicted molar refractivity (Wildman–Crippen MR) is 93.7 cm³/mol. The first-order chi connectivity index (χ1) is 11.7. The maximum absolute atomic E-state index is 12.3. The van der Waals surface area contributed by atoms with Crippen LogP contribution in [0.4, 0.5) is 5.13 Å². The van der Waals surface area contributed by atoms with Crippen molar-refractivity contribution in [2.75, 3.05) is 5.32 Å². The molecule has 0 aliphatic carbocycles. The van der Waals surface area contributed by atoms with Crippen molar-refractivity contribution >= 4 is 44.7 Å². The van der Waals surface area contributed by atoms with E-state index in [2.05, 4.69) is 15.5 Å². The lowest BCUT2D eigenvalue weighted by atomic mass is 10.2. The summed E-state index contributed by atoms with van der Waals surface area (Å²) in [5.41, 5.74) is -0.314. The van der Waals surface area contributed by atoms with Gasteiger partial charge < -0.3 is 4.42 Å². The van der Waals surface area contributed by atoms with Crippen LogP contribution < -0.4 is 10.9 Å². The molecule has 3 aromatic heterocycles. The molecule has 118 valence electrons. The lowest BCUT2D eigenvalue weighted by molar-refractivity contribution is 0.102. The van der Waals surface area contributed by atoms with Crippen molar-refractivity contribution in [1.82, 2.24) is 10.2 Å². The quantitative estimate of drug-likeness (QED) is 0.567. The van der Waals surface area contributed by atoms with E-state index in [9.17, 15) is 9.59 Å². The van der Waals surface area contributed by atoms with E-state index in [1.807, 2.05) is 23.6 Å². The Morgan fingerprint density at radius 2 is 2.00 bits per heavy atom. The van der Waals surface area contributed by atoms with E-state index in [0.717, 1.165) is 4.88 Å². The second kappa shape index (κ2) is 5.99. The minimum Gasteiger partial charge on any atom is -0.422 e. The lowest BCUT2D eigenvalue weighted by Gasteiger charge is -2.01. The number of benzene rings is 1. The van der Waals surface area contributed by atoms with Crippen molar-refractivity contribution in [3.05, 3.63) is 63.8 Å². The minimum absolute atomic E-state index is 0.0680. The van der Waals surface area contributed by atoms with Crippen LogP contribution in [0, 0.1) is 0 Å². The van der Waals surface area contributed by atoms with Gasteiger partial charge in [0.2, 0.25) is 5.13 Å². The van der Waals surface area contributed by atoms with Gasteiger partial charge >= 0.3 is 5.63 Å². The van der Waals surface area contributed by atoms with Gasteiger partial charge in [0.1, 0.15) is 11.1 Å². The number of hydrogen-bond donors (Lipinski definition) is 1. The van der Waals surface area contributed by atoms with Crippen molar-refractivity contribution < 1.29 is 9.21 Å². The molecule has 1 N–H and O–H groups in total. The van der Waals surface area contributed by atoms with Gasteiger partial charge in [-0.05, 0) is 23.6 Å². The smallest absolute Gasteiger partial charge is 0.349 e. The monoisotopic (exact) mass is 355 g/mol. The number of nitrogens with one attached hydrogen (secondary N) is 1. The summed E-state index contributed by atoms with van der Waals surface area (Å²) in [4.78, 5) is 25.3. The van der Waals surface area contributed by atoms with Crippen molar-refractivity contribution in [2.24, 2.45) is 0 Å². The molecule has 6 nitrogen and oxygen atoms in total. The zero-order valence-electron chi connectivity index (χ0n) is 12.1. The van der Waals surface area contributed by atoms with Gasteiger partial charge in [0.25, 0.3) is 5.91 Å². The summed E-state index contributed by atoms with van der Waals surface area (Å²) in [5.74, 6) is -0.566. The Kier molecular flexibility index (Phi) is 3.68. The van der Waals surface area contributed by atoms with Crippen molar-refractivity contribution in [1.29, 1.82) is 0 Å². The maximum Gasteiger partial charge on any atom is 0.349 e. The van der Waals surface area contributed by atoms with Gasteiger partial charge in [-0.25, -0.2) is 4.79 Å². The Bertz CT molecular complexity index is 1080. The molecule has 3 heterocycles. The number of carbonyl (C=O) groups excluding carboxylic acids is 1. The number of fused-ring (bicyclic) bond motifs is 1. The highest BCUT2D eigenvalue weighted by Crippen LogP contribution is 2.29. The van der Waals surface area contributed by atoms with Crippen LogP contribution in [0.2, 0.25) is 0 Å². The van der Waals surface area contributed by atoms with Gasteiger partial charge in [0.05, 0.1) is 4.88 Å². The van der Waals surface area contributed by atoms with Gasteiger partial charge in [-0.1, -0.05) is 35.6 Å². The second-order valence-electron chi connectivity index (χ2n) is 4.83. The highest BCUT2D eigenvalue weighted by atomic mass is 32.1. The topological polar surface area (TPSA) is 85.1 Å². The SMILES string of the molecule is O=C(Nc1nnc(-c2cccs2)s1)c1cc2ccccc2oc1=O. The van der Waals surface area contributed by atoms with Crippen LogP contribution >= 0.6 is 22.7 Å². The van der Waals surface area contributed by atoms with Crippen molar-refractivity contribution in [3.63, 3.8) is 0 Å². The molecule has 0 saturated carbocycles. The summed E-state index contributed by atoms with van der Waals surface area (Å²) >= 11 is 2.79. The summed E-state index contributed by atoms with van der Waals surface area (Å²) in [6.07, 6.45) is 0. The standard InChI is InChI=1S/C16H9N3O3S2/c20-13(10-8-9-4-1-2-5-11(9)22-15(10)21)17-16-19-18-14(24-16)12-6-3-7-23-12/h1-8H,(H,17,19,20). The molecule has 0 radical (unpaired) electrons. The van der Waals surface area contributed by atoms with Crippen LogP contribution in [0.25, 0.3) is 20.9 Å². The van der Waals surface area contributed by atoms with Crippen LogP contribution in [0.15, 0.2) is 57.1 Å². The van der Waals surface area contributed by atoms with E-state index in [1.165, 1.54) is 28.7 Å². The Balaban J connectivity index is 1.63. The fourth-order valence-electron chi connectivity index (χ4n) is 2.16. The Hall–Kier alpha value is -2.84. The van der Waals surface area contributed by atoms with Gasteiger partial charge in [0.15, 0.2) is 5.01 Å². The summed E-state index contributed by atoms with van der Waals surface area (Å²) in [6.45, 7) is 0. The third kappa shape index (κ3) is 2.72. The van der Waals surface area contributed by atoms with E-state index >= 15 is 0 Å². The molecule has 1 amide bonds. The van der Waals surface area contributed by atoms with Gasteiger partial charge in [0, 0.05) is 5.39 Å². The Morgan fingerprint density at radius 3 is 2.83 bits per heavy atom. The number of carbonyl (C=O) groups is 1. The fourth-order valence-corrected chi connectivity index (χ4v) is 3.69. The van der Waals surface area contributed by atoms with Crippen LogP contribution in [0.3, 0.4) is 0 Å². The molecule has 1 aromatic carbocycles. The molecule has 0 spiro atoms. The zero-order valence-corrected chi connectivity index (χ0v) is 13.7. The molecule has 0 bridgehead atoms. The molecule has 8 heteroatoms. The second-order valence-corrected chi connectivity index (χ2v) is 6.75. The number of nitrogens with zero attached hydrogens (tertiary/aromatic N) is 2. The number of anilines is 1. The molecule has 4 rings (SSSR count). The minimum atomic E-state index is -0.686. The number of rotatable bonds is 3. The molecular formula is C16H9N3O3S2. The van der Waals surface area contributed by atoms with E-state index in [0.29, 0.717) is 21.1 Å². The number of amides is 1. The molecule has 0 unspecified atom stereocenters. The van der Waals surface area contributed by atoms with E-state index in [1.54, 1.807) is 18.2 Å². The number of thiophene rings is 1. The summed E-state index contributed by atoms with van der Waals surface area (Å²) in [7, 11) is 0. The third-order valence-electron chi connectivity index (χ3n) is 3.26.